The smallest absolute Gasteiger partial charge is 0.161 e. The molecule has 96 valence electrons. The van der Waals surface area contributed by atoms with E-state index in [-0.39, 0.29) is 0 Å². The summed E-state index contributed by atoms with van der Waals surface area (Å²) in [5, 5.41) is 8.44. The number of hydrogen-bond acceptors (Lipinski definition) is 4. The Morgan fingerprint density at radius 2 is 2.39 bits per heavy atom. The van der Waals surface area contributed by atoms with Crippen LogP contribution in [0.25, 0.3) is 5.65 Å². The fourth-order valence-electron chi connectivity index (χ4n) is 2.41. The van der Waals surface area contributed by atoms with Gasteiger partial charge in [-0.2, -0.15) is 0 Å². The van der Waals surface area contributed by atoms with Gasteiger partial charge in [-0.1, -0.05) is 0 Å². The van der Waals surface area contributed by atoms with E-state index in [0.29, 0.717) is 5.92 Å². The number of pyridine rings is 1. The summed E-state index contributed by atoms with van der Waals surface area (Å²) in [6.07, 6.45) is 5.20. The standard InChI is InChI=1S/C13H17N3O2/c1-17-11-4-5-12-14-15-13(16(12)8-11)7-10-3-2-6-18-9-10/h4-5,8,10H,2-3,6-7,9H2,1H3. The van der Waals surface area contributed by atoms with Crippen LogP contribution in [0.1, 0.15) is 18.7 Å². The maximum absolute atomic E-state index is 5.51. The number of hydrogen-bond donors (Lipinski definition) is 0. The van der Waals surface area contributed by atoms with Gasteiger partial charge < -0.3 is 9.47 Å². The minimum absolute atomic E-state index is 0.553. The maximum Gasteiger partial charge on any atom is 0.161 e. The monoisotopic (exact) mass is 247 g/mol. The molecule has 1 aliphatic heterocycles. The largest absolute Gasteiger partial charge is 0.495 e. The Labute approximate surface area is 106 Å². The van der Waals surface area contributed by atoms with Crippen LogP contribution in [0.3, 0.4) is 0 Å². The fourth-order valence-corrected chi connectivity index (χ4v) is 2.41. The summed E-state index contributed by atoms with van der Waals surface area (Å²) in [7, 11) is 1.67. The van der Waals surface area contributed by atoms with Crippen LogP contribution in [0.5, 0.6) is 5.75 Å². The predicted molar refractivity (Wildman–Crippen MR) is 66.8 cm³/mol. The Morgan fingerprint density at radius 1 is 1.44 bits per heavy atom. The van der Waals surface area contributed by atoms with Gasteiger partial charge in [-0.25, -0.2) is 0 Å². The van der Waals surface area contributed by atoms with Gasteiger partial charge in [0.2, 0.25) is 0 Å². The van der Waals surface area contributed by atoms with E-state index in [1.165, 1.54) is 6.42 Å². The van der Waals surface area contributed by atoms with Gasteiger partial charge in [0.25, 0.3) is 0 Å². The molecule has 0 radical (unpaired) electrons. The Kier molecular flexibility index (Phi) is 3.15. The normalized spacial score (nSPS) is 20.2. The van der Waals surface area contributed by atoms with Crippen LogP contribution in [0.2, 0.25) is 0 Å². The lowest BCUT2D eigenvalue weighted by atomic mass is 9.98. The van der Waals surface area contributed by atoms with E-state index >= 15 is 0 Å². The zero-order valence-electron chi connectivity index (χ0n) is 10.5. The molecule has 3 heterocycles. The van der Waals surface area contributed by atoms with Crippen LogP contribution in [0.15, 0.2) is 18.3 Å². The van der Waals surface area contributed by atoms with Crippen molar-refractivity contribution >= 4 is 5.65 Å². The summed E-state index contributed by atoms with van der Waals surface area (Å²) in [5.41, 5.74) is 0.863. The van der Waals surface area contributed by atoms with Crippen molar-refractivity contribution in [1.29, 1.82) is 0 Å². The zero-order chi connectivity index (χ0) is 12.4. The third kappa shape index (κ3) is 2.18. The lowest BCUT2D eigenvalue weighted by molar-refractivity contribution is 0.0542. The highest BCUT2D eigenvalue weighted by atomic mass is 16.5. The Bertz CT molecular complexity index is 532. The van der Waals surface area contributed by atoms with E-state index in [0.717, 1.165) is 43.3 Å². The molecule has 0 amide bonds. The average Bonchev–Trinajstić information content (AvgIpc) is 2.82. The molecule has 0 N–H and O–H groups in total. The first kappa shape index (κ1) is 11.5. The molecule has 0 aromatic carbocycles. The Balaban J connectivity index is 1.86. The van der Waals surface area contributed by atoms with Crippen LogP contribution < -0.4 is 4.74 Å². The van der Waals surface area contributed by atoms with Crippen molar-refractivity contribution in [2.45, 2.75) is 19.3 Å². The van der Waals surface area contributed by atoms with Gasteiger partial charge in [0.05, 0.1) is 13.3 Å². The first-order chi connectivity index (χ1) is 8.86. The van der Waals surface area contributed by atoms with Crippen molar-refractivity contribution in [2.75, 3.05) is 20.3 Å². The molecular weight excluding hydrogens is 230 g/mol. The molecule has 0 saturated carbocycles. The molecule has 5 nitrogen and oxygen atoms in total. The third-order valence-corrected chi connectivity index (χ3v) is 3.41. The van der Waals surface area contributed by atoms with E-state index in [1.807, 2.05) is 22.7 Å². The topological polar surface area (TPSA) is 48.7 Å². The molecule has 0 aliphatic carbocycles. The summed E-state index contributed by atoms with van der Waals surface area (Å²) in [6.45, 7) is 1.73. The SMILES string of the molecule is COc1ccc2nnc(CC3CCCOC3)n2c1. The van der Waals surface area contributed by atoms with Gasteiger partial charge in [-0.15, -0.1) is 10.2 Å². The number of rotatable bonds is 3. The second-order valence-corrected chi connectivity index (χ2v) is 4.70. The van der Waals surface area contributed by atoms with Crippen molar-refractivity contribution in [2.24, 2.45) is 5.92 Å². The highest BCUT2D eigenvalue weighted by Crippen LogP contribution is 2.19. The number of aromatic nitrogens is 3. The molecule has 0 bridgehead atoms. The second kappa shape index (κ2) is 4.94. The molecule has 0 spiro atoms. The van der Waals surface area contributed by atoms with Crippen LogP contribution in [-0.4, -0.2) is 34.9 Å². The number of ether oxygens (including phenoxy) is 2. The van der Waals surface area contributed by atoms with Crippen molar-refractivity contribution < 1.29 is 9.47 Å². The Morgan fingerprint density at radius 3 is 3.17 bits per heavy atom. The minimum Gasteiger partial charge on any atom is -0.495 e. The first-order valence-electron chi connectivity index (χ1n) is 6.32. The molecule has 1 aliphatic rings. The molecular formula is C13H17N3O2. The van der Waals surface area contributed by atoms with Crippen molar-refractivity contribution in [3.8, 4) is 5.75 Å². The summed E-state index contributed by atoms with van der Waals surface area (Å²) >= 11 is 0. The van der Waals surface area contributed by atoms with Crippen LogP contribution >= 0.6 is 0 Å². The summed E-state index contributed by atoms with van der Waals surface area (Å²) in [5.74, 6) is 2.36. The number of nitrogens with zero attached hydrogens (tertiary/aromatic N) is 3. The van der Waals surface area contributed by atoms with Crippen LogP contribution in [0, 0.1) is 5.92 Å². The van der Waals surface area contributed by atoms with E-state index in [1.54, 1.807) is 7.11 Å². The quantitative estimate of drug-likeness (QED) is 0.828. The average molecular weight is 247 g/mol. The van der Waals surface area contributed by atoms with Gasteiger partial charge in [0, 0.05) is 19.6 Å². The molecule has 5 heteroatoms. The molecule has 2 aromatic rings. The van der Waals surface area contributed by atoms with Crippen LogP contribution in [0.4, 0.5) is 0 Å². The van der Waals surface area contributed by atoms with E-state index in [9.17, 15) is 0 Å². The molecule has 2 aromatic heterocycles. The van der Waals surface area contributed by atoms with Gasteiger partial charge in [-0.3, -0.25) is 4.40 Å². The highest BCUT2D eigenvalue weighted by Gasteiger charge is 2.17. The van der Waals surface area contributed by atoms with Crippen molar-refractivity contribution in [3.63, 3.8) is 0 Å². The molecule has 1 fully saturated rings. The summed E-state index contributed by atoms with van der Waals surface area (Å²) in [4.78, 5) is 0. The third-order valence-electron chi connectivity index (χ3n) is 3.41. The Hall–Kier alpha value is -1.62. The minimum atomic E-state index is 0.553. The highest BCUT2D eigenvalue weighted by molar-refractivity contribution is 5.41. The fraction of sp³-hybridized carbons (Fsp3) is 0.538. The zero-order valence-corrected chi connectivity index (χ0v) is 10.5. The predicted octanol–water partition coefficient (Wildman–Crippen LogP) is 1.71. The second-order valence-electron chi connectivity index (χ2n) is 4.70. The number of methoxy groups -OCH3 is 1. The van der Waals surface area contributed by atoms with Crippen molar-refractivity contribution in [1.82, 2.24) is 14.6 Å². The van der Waals surface area contributed by atoms with E-state index in [2.05, 4.69) is 10.2 Å². The summed E-state index contributed by atoms with van der Waals surface area (Å²) < 4.78 is 12.7. The lowest BCUT2D eigenvalue weighted by Crippen LogP contribution is -2.20. The number of fused-ring (bicyclic) bond motifs is 1. The van der Waals surface area contributed by atoms with Gasteiger partial charge in [-0.05, 0) is 30.9 Å². The maximum atomic E-state index is 5.51. The van der Waals surface area contributed by atoms with Gasteiger partial charge in [0.1, 0.15) is 11.6 Å². The van der Waals surface area contributed by atoms with E-state index in [4.69, 9.17) is 9.47 Å². The summed E-state index contributed by atoms with van der Waals surface area (Å²) in [6, 6.07) is 3.82. The molecule has 1 saturated heterocycles. The molecule has 3 rings (SSSR count). The molecule has 18 heavy (non-hydrogen) atoms. The molecule has 1 atom stereocenters. The lowest BCUT2D eigenvalue weighted by Gasteiger charge is -2.21. The molecule has 1 unspecified atom stereocenters. The van der Waals surface area contributed by atoms with Gasteiger partial charge >= 0.3 is 0 Å². The van der Waals surface area contributed by atoms with Crippen molar-refractivity contribution in [3.05, 3.63) is 24.2 Å². The van der Waals surface area contributed by atoms with E-state index < -0.39 is 0 Å². The van der Waals surface area contributed by atoms with Gasteiger partial charge in [0.15, 0.2) is 5.65 Å². The van der Waals surface area contributed by atoms with Crippen LogP contribution in [-0.2, 0) is 11.2 Å². The first-order valence-corrected chi connectivity index (χ1v) is 6.32.